The zero-order valence-corrected chi connectivity index (χ0v) is 20.1. The number of hydrogen-bond acceptors (Lipinski definition) is 6. The number of thiophene rings is 1. The number of pyridine rings is 1. The van der Waals surface area contributed by atoms with Gasteiger partial charge in [-0.15, -0.1) is 11.3 Å². The van der Waals surface area contributed by atoms with Crippen molar-refractivity contribution in [3.05, 3.63) is 75.0 Å². The summed E-state index contributed by atoms with van der Waals surface area (Å²) in [6, 6.07) is 10.7. The van der Waals surface area contributed by atoms with Gasteiger partial charge in [0.2, 0.25) is 0 Å². The molecule has 0 aliphatic rings. The molecule has 0 aliphatic heterocycles. The largest absolute Gasteiger partial charge is 0.464 e. The molecule has 5 aromatic rings. The van der Waals surface area contributed by atoms with E-state index in [-0.39, 0.29) is 37.8 Å². The van der Waals surface area contributed by atoms with Crippen molar-refractivity contribution in [2.75, 3.05) is 5.32 Å². The average Bonchev–Trinajstić information content (AvgIpc) is 3.60. The number of furan rings is 1. The highest BCUT2D eigenvalue weighted by molar-refractivity contribution is 7.21. The molecule has 0 unspecified atom stereocenters. The van der Waals surface area contributed by atoms with E-state index in [1.54, 1.807) is 30.3 Å². The normalized spacial score (nSPS) is 11.4. The maximum atomic E-state index is 13.5. The van der Waals surface area contributed by atoms with Crippen molar-refractivity contribution >= 4 is 62.3 Å². The van der Waals surface area contributed by atoms with Gasteiger partial charge in [0.25, 0.3) is 18.2 Å². The minimum Gasteiger partial charge on any atom is -0.464 e. The fourth-order valence-corrected chi connectivity index (χ4v) is 4.88. The number of rotatable bonds is 6. The topological polar surface area (TPSA) is 127 Å². The van der Waals surface area contributed by atoms with Gasteiger partial charge in [0.05, 0.1) is 27.7 Å². The van der Waals surface area contributed by atoms with Crippen molar-refractivity contribution in [3.8, 4) is 22.6 Å². The number of amides is 2. The molecule has 4 aromatic heterocycles. The second kappa shape index (κ2) is 9.34. The molecule has 0 saturated heterocycles. The fourth-order valence-electron chi connectivity index (χ4n) is 3.57. The molecule has 4 N–H and O–H groups in total. The van der Waals surface area contributed by atoms with E-state index in [9.17, 15) is 18.4 Å². The Bertz CT molecular complexity index is 1630. The van der Waals surface area contributed by atoms with Crippen LogP contribution in [-0.4, -0.2) is 27.0 Å². The Kier molecular flexibility index (Phi) is 6.20. The molecule has 8 nitrogen and oxygen atoms in total. The van der Waals surface area contributed by atoms with Gasteiger partial charge in [-0.2, -0.15) is 5.10 Å². The predicted molar refractivity (Wildman–Crippen MR) is 133 cm³/mol. The Labute approximate surface area is 215 Å². The molecule has 0 spiro atoms. The van der Waals surface area contributed by atoms with Crippen molar-refractivity contribution in [3.63, 3.8) is 0 Å². The number of nitrogens with one attached hydrogen (secondary N) is 2. The highest BCUT2D eigenvalue weighted by atomic mass is 35.5. The summed E-state index contributed by atoms with van der Waals surface area (Å²) in [4.78, 5) is 29.3. The second-order valence-electron chi connectivity index (χ2n) is 7.47. The van der Waals surface area contributed by atoms with Crippen LogP contribution in [0.25, 0.3) is 32.8 Å². The van der Waals surface area contributed by atoms with Gasteiger partial charge in [-0.3, -0.25) is 14.7 Å². The summed E-state index contributed by atoms with van der Waals surface area (Å²) in [6.45, 7) is 0. The van der Waals surface area contributed by atoms with E-state index in [1.165, 1.54) is 12.3 Å². The van der Waals surface area contributed by atoms with Crippen LogP contribution in [0.1, 0.15) is 32.3 Å². The Morgan fingerprint density at radius 1 is 1.14 bits per heavy atom. The number of benzene rings is 1. The first kappa shape index (κ1) is 23.9. The molecule has 1 aromatic carbocycles. The first-order valence-electron chi connectivity index (χ1n) is 10.1. The summed E-state index contributed by atoms with van der Waals surface area (Å²) in [5.41, 5.74) is 6.37. The molecule has 0 atom stereocenters. The monoisotopic (exact) mass is 547 g/mol. The van der Waals surface area contributed by atoms with Crippen LogP contribution in [0.15, 0.2) is 53.1 Å². The first-order chi connectivity index (χ1) is 17.2. The van der Waals surface area contributed by atoms with Crippen LogP contribution in [0.3, 0.4) is 0 Å². The van der Waals surface area contributed by atoms with Crippen molar-refractivity contribution in [1.82, 2.24) is 15.2 Å². The lowest BCUT2D eigenvalue weighted by Gasteiger charge is -2.09. The molecule has 0 fully saturated rings. The number of anilines is 1. The zero-order chi connectivity index (χ0) is 25.6. The lowest BCUT2D eigenvalue weighted by molar-refractivity contribution is 0.100. The number of halogens is 4. The predicted octanol–water partition coefficient (Wildman–Crippen LogP) is 6.54. The summed E-state index contributed by atoms with van der Waals surface area (Å²) >= 11 is 12.8. The third-order valence-corrected chi connectivity index (χ3v) is 7.03. The third kappa shape index (κ3) is 4.32. The first-order valence-corrected chi connectivity index (χ1v) is 11.7. The summed E-state index contributed by atoms with van der Waals surface area (Å²) < 4.78 is 32.5. The van der Waals surface area contributed by atoms with E-state index in [2.05, 4.69) is 20.5 Å². The molecule has 0 aliphatic carbocycles. The number of alkyl halides is 2. The number of carbonyl (C=O) groups excluding carboxylic acids is 2. The average molecular weight is 548 g/mol. The van der Waals surface area contributed by atoms with Crippen LogP contribution < -0.4 is 11.1 Å². The molecule has 5 rings (SSSR count). The van der Waals surface area contributed by atoms with Gasteiger partial charge in [0, 0.05) is 16.5 Å². The maximum Gasteiger partial charge on any atom is 0.280 e. The molecule has 0 radical (unpaired) electrons. The molecule has 182 valence electrons. The Hall–Kier alpha value is -3.80. The van der Waals surface area contributed by atoms with Gasteiger partial charge >= 0.3 is 0 Å². The number of hydrogen-bond donors (Lipinski definition) is 3. The Balaban J connectivity index is 1.59. The fraction of sp³-hybridized carbons (Fsp3) is 0.0435. The SMILES string of the molecule is NC(=O)c1sc2nc(C(F)F)cc(-c3ccco3)c2c1NC(=O)c1cc(-c2ccc(Cl)c(Cl)c2)n[nH]1. The molecular weight excluding hydrogens is 535 g/mol. The second-order valence-corrected chi connectivity index (χ2v) is 9.29. The molecule has 13 heteroatoms. The lowest BCUT2D eigenvalue weighted by atomic mass is 10.1. The van der Waals surface area contributed by atoms with Crippen LogP contribution in [0.2, 0.25) is 10.0 Å². The molecule has 0 bridgehead atoms. The van der Waals surface area contributed by atoms with Crippen molar-refractivity contribution in [2.24, 2.45) is 5.73 Å². The molecule has 36 heavy (non-hydrogen) atoms. The van der Waals surface area contributed by atoms with E-state index in [4.69, 9.17) is 33.4 Å². The van der Waals surface area contributed by atoms with E-state index in [0.29, 0.717) is 21.3 Å². The maximum absolute atomic E-state index is 13.5. The number of carbonyl (C=O) groups is 2. The van der Waals surface area contributed by atoms with E-state index in [0.717, 1.165) is 17.4 Å². The van der Waals surface area contributed by atoms with Crippen LogP contribution in [0.4, 0.5) is 14.5 Å². The summed E-state index contributed by atoms with van der Waals surface area (Å²) in [5, 5.41) is 10.3. The number of nitrogens with two attached hydrogens (primary N) is 1. The highest BCUT2D eigenvalue weighted by Crippen LogP contribution is 2.42. The Morgan fingerprint density at radius 2 is 1.94 bits per heavy atom. The molecule has 2 amide bonds. The number of aromatic amines is 1. The molecule has 4 heterocycles. The van der Waals surface area contributed by atoms with E-state index in [1.807, 2.05) is 0 Å². The summed E-state index contributed by atoms with van der Waals surface area (Å²) in [6.07, 6.45) is -1.50. The van der Waals surface area contributed by atoms with Crippen LogP contribution in [0.5, 0.6) is 0 Å². The van der Waals surface area contributed by atoms with Crippen molar-refractivity contribution < 1.29 is 22.8 Å². The van der Waals surface area contributed by atoms with Gasteiger partial charge in [0.15, 0.2) is 0 Å². The minimum absolute atomic E-state index is 0.0258. The van der Waals surface area contributed by atoms with Crippen molar-refractivity contribution in [2.45, 2.75) is 6.43 Å². The number of H-pyrrole nitrogens is 1. The van der Waals surface area contributed by atoms with Crippen LogP contribution in [-0.2, 0) is 0 Å². The van der Waals surface area contributed by atoms with Crippen molar-refractivity contribution in [1.29, 1.82) is 0 Å². The van der Waals surface area contributed by atoms with Gasteiger partial charge in [-0.1, -0.05) is 29.3 Å². The number of aromatic nitrogens is 3. The quantitative estimate of drug-likeness (QED) is 0.222. The van der Waals surface area contributed by atoms with Crippen LogP contribution in [0, 0.1) is 0 Å². The van der Waals surface area contributed by atoms with Gasteiger partial charge < -0.3 is 15.5 Å². The minimum atomic E-state index is -2.87. The summed E-state index contributed by atoms with van der Waals surface area (Å²) in [5.74, 6) is -1.27. The van der Waals surface area contributed by atoms with Gasteiger partial charge in [-0.25, -0.2) is 13.8 Å². The zero-order valence-electron chi connectivity index (χ0n) is 17.8. The smallest absolute Gasteiger partial charge is 0.280 e. The number of primary amides is 1. The lowest BCUT2D eigenvalue weighted by Crippen LogP contribution is -2.17. The molecule has 0 saturated carbocycles. The van der Waals surface area contributed by atoms with Gasteiger partial charge in [-0.05, 0) is 36.4 Å². The number of fused-ring (bicyclic) bond motifs is 1. The molecular formula is C23H13Cl2F2N5O3S. The van der Waals surface area contributed by atoms with E-state index < -0.39 is 23.9 Å². The number of nitrogens with zero attached hydrogens (tertiary/aromatic N) is 2. The summed E-state index contributed by atoms with van der Waals surface area (Å²) in [7, 11) is 0. The third-order valence-electron chi connectivity index (χ3n) is 5.19. The standard InChI is InChI=1S/C23H13Cl2F2N5O3S/c24-11-4-3-9(6-12(11)25)13-8-15(32-31-13)22(34)30-18-17-10(16-2-1-5-35-16)7-14(20(26)27)29-23(17)36-19(18)21(28)33/h1-8,20H,(H2,28,33)(H,30,34)(H,31,32). The highest BCUT2D eigenvalue weighted by Gasteiger charge is 2.26. The Morgan fingerprint density at radius 3 is 2.61 bits per heavy atom. The van der Waals surface area contributed by atoms with Crippen LogP contribution >= 0.6 is 34.5 Å². The van der Waals surface area contributed by atoms with Gasteiger partial charge in [0.1, 0.15) is 26.9 Å². The van der Waals surface area contributed by atoms with E-state index >= 15 is 0 Å².